The highest BCUT2D eigenvalue weighted by atomic mass is 32.1. The largest absolute Gasteiger partial charge is 0.472 e. The molecule has 1 fully saturated rings. The van der Waals surface area contributed by atoms with Crippen molar-refractivity contribution in [1.29, 1.82) is 0 Å². The summed E-state index contributed by atoms with van der Waals surface area (Å²) in [4.78, 5) is 12.7. The molecule has 2 atom stereocenters. The molecule has 1 aromatic carbocycles. The molecule has 1 aliphatic rings. The van der Waals surface area contributed by atoms with E-state index >= 15 is 0 Å². The maximum Gasteiger partial charge on any atom is 0.238 e. The average molecular weight is 475 g/mol. The van der Waals surface area contributed by atoms with Gasteiger partial charge in [0.25, 0.3) is 0 Å². The maximum absolute atomic E-state index is 14.6. The summed E-state index contributed by atoms with van der Waals surface area (Å²) in [6.07, 6.45) is 8.05. The lowest BCUT2D eigenvalue weighted by Gasteiger charge is -2.23. The van der Waals surface area contributed by atoms with E-state index in [0.29, 0.717) is 41.7 Å². The number of β-amino-alcohol motifs (C(OH)–C–C–N with tert-alkyl or cyclic N) is 1. The van der Waals surface area contributed by atoms with E-state index in [1.54, 1.807) is 30.7 Å². The first kappa shape index (κ1) is 24.9. The van der Waals surface area contributed by atoms with Gasteiger partial charge in [-0.2, -0.15) is 12.6 Å². The third-order valence-corrected chi connectivity index (χ3v) is 5.38. The number of rotatable bonds is 4. The molecule has 33 heavy (non-hydrogen) atoms. The van der Waals surface area contributed by atoms with Gasteiger partial charge in [-0.25, -0.2) is 19.3 Å². The fourth-order valence-electron chi connectivity index (χ4n) is 3.79. The van der Waals surface area contributed by atoms with Crippen molar-refractivity contribution >= 4 is 40.7 Å². The highest BCUT2D eigenvalue weighted by Gasteiger charge is 2.23. The second-order valence-corrected chi connectivity index (χ2v) is 8.21. The number of hydrogen-bond acceptors (Lipinski definition) is 9. The van der Waals surface area contributed by atoms with Crippen molar-refractivity contribution in [3.8, 4) is 5.88 Å². The zero-order valence-corrected chi connectivity index (χ0v) is 19.8. The van der Waals surface area contributed by atoms with Crippen molar-refractivity contribution in [2.24, 2.45) is 0 Å². The van der Waals surface area contributed by atoms with Crippen molar-refractivity contribution in [3.63, 3.8) is 0 Å². The Bertz CT molecular complexity index is 1070. The number of anilines is 3. The number of nitrogens with two attached hydrogens (primary N) is 1. The summed E-state index contributed by atoms with van der Waals surface area (Å²) >= 11 is 3.53. The third-order valence-electron chi connectivity index (χ3n) is 5.38. The molecule has 4 rings (SSSR count). The number of pyridine rings is 1. The standard InChI is InChI=1S/C22H27FN6O2.CH4S/c1-22(30)7-3-2-5-15(11-25-12-22)31-21-17(6-4-8-26-21)29-20-19-16(23)9-14(24)10-18(19)27-13-28-20;1-2/h4,6,8-10,13,15,25,30H,2-3,5,7,11-12,24H2,1H3,(H,27,28,29);2H,1H3. The summed E-state index contributed by atoms with van der Waals surface area (Å²) in [6.45, 7) is 2.95. The van der Waals surface area contributed by atoms with Crippen LogP contribution in [0.4, 0.5) is 21.6 Å². The van der Waals surface area contributed by atoms with E-state index in [1.165, 1.54) is 12.4 Å². The molecule has 2 unspecified atom stereocenters. The van der Waals surface area contributed by atoms with E-state index in [0.717, 1.165) is 25.7 Å². The van der Waals surface area contributed by atoms with E-state index < -0.39 is 11.4 Å². The number of nitrogens with zero attached hydrogens (tertiary/aromatic N) is 3. The zero-order valence-electron chi connectivity index (χ0n) is 18.9. The first-order chi connectivity index (χ1) is 15.9. The van der Waals surface area contributed by atoms with Crippen LogP contribution in [0.2, 0.25) is 0 Å². The Labute approximate surface area is 198 Å². The normalized spacial score (nSPS) is 21.2. The van der Waals surface area contributed by atoms with Crippen LogP contribution in [0.15, 0.2) is 36.8 Å². The lowest BCUT2D eigenvalue weighted by molar-refractivity contribution is 0.0493. The van der Waals surface area contributed by atoms with E-state index in [9.17, 15) is 9.50 Å². The quantitative estimate of drug-likeness (QED) is 0.287. The number of benzene rings is 1. The van der Waals surface area contributed by atoms with Crippen molar-refractivity contribution in [2.45, 2.75) is 44.3 Å². The predicted octanol–water partition coefficient (Wildman–Crippen LogP) is 3.70. The van der Waals surface area contributed by atoms with Crippen LogP contribution in [-0.2, 0) is 0 Å². The van der Waals surface area contributed by atoms with Crippen LogP contribution < -0.4 is 21.1 Å². The molecule has 0 bridgehead atoms. The van der Waals surface area contributed by atoms with Crippen LogP contribution in [-0.4, -0.2) is 51.1 Å². The Morgan fingerprint density at radius 1 is 1.27 bits per heavy atom. The molecule has 178 valence electrons. The molecule has 3 heterocycles. The average Bonchev–Trinajstić information content (AvgIpc) is 2.86. The smallest absolute Gasteiger partial charge is 0.238 e. The fraction of sp³-hybridized carbons (Fsp3) is 0.435. The molecule has 0 radical (unpaired) electrons. The van der Waals surface area contributed by atoms with Gasteiger partial charge in [-0.1, -0.05) is 6.42 Å². The Morgan fingerprint density at radius 2 is 2.09 bits per heavy atom. The molecular formula is C23H31FN6O2S. The summed E-state index contributed by atoms with van der Waals surface area (Å²) in [7, 11) is 0. The summed E-state index contributed by atoms with van der Waals surface area (Å²) < 4.78 is 20.8. The first-order valence-electron chi connectivity index (χ1n) is 10.9. The second-order valence-electron chi connectivity index (χ2n) is 8.21. The van der Waals surface area contributed by atoms with E-state index in [4.69, 9.17) is 10.5 Å². The van der Waals surface area contributed by atoms with Gasteiger partial charge in [-0.15, -0.1) is 0 Å². The van der Waals surface area contributed by atoms with E-state index in [1.807, 2.05) is 6.92 Å². The van der Waals surface area contributed by atoms with Gasteiger partial charge < -0.3 is 26.2 Å². The summed E-state index contributed by atoms with van der Waals surface area (Å²) in [5, 5.41) is 17.0. The Hall–Kier alpha value is -2.69. The molecule has 5 N–H and O–H groups in total. The van der Waals surface area contributed by atoms with Gasteiger partial charge in [0.2, 0.25) is 5.88 Å². The minimum Gasteiger partial charge on any atom is -0.472 e. The SMILES string of the molecule is CC1(O)CCCCC(Oc2ncccc2Nc2ncnc3cc(N)cc(F)c23)CNC1.CS. The minimum absolute atomic E-state index is 0.108. The molecule has 3 aromatic rings. The molecule has 1 aliphatic heterocycles. The second kappa shape index (κ2) is 11.4. The molecule has 0 saturated carbocycles. The number of aromatic nitrogens is 3. The summed E-state index contributed by atoms with van der Waals surface area (Å²) in [6, 6.07) is 6.42. The number of halogens is 1. The molecule has 0 amide bonds. The Balaban J connectivity index is 0.00000149. The lowest BCUT2D eigenvalue weighted by Crippen LogP contribution is -2.40. The number of nitrogens with one attached hydrogen (secondary N) is 2. The van der Waals surface area contributed by atoms with Gasteiger partial charge >= 0.3 is 0 Å². The molecule has 10 heteroatoms. The van der Waals surface area contributed by atoms with Crippen LogP contribution in [0, 0.1) is 5.82 Å². The molecule has 0 spiro atoms. The highest BCUT2D eigenvalue weighted by Crippen LogP contribution is 2.31. The Morgan fingerprint density at radius 3 is 2.91 bits per heavy atom. The van der Waals surface area contributed by atoms with Crippen LogP contribution in [0.5, 0.6) is 5.88 Å². The van der Waals surface area contributed by atoms with Crippen LogP contribution in [0.3, 0.4) is 0 Å². The number of thiol groups is 1. The maximum atomic E-state index is 14.6. The molecule has 8 nitrogen and oxygen atoms in total. The topological polar surface area (TPSA) is 118 Å². The van der Waals surface area contributed by atoms with Crippen LogP contribution in [0.1, 0.15) is 32.6 Å². The predicted molar refractivity (Wildman–Crippen MR) is 133 cm³/mol. The van der Waals surface area contributed by atoms with Gasteiger partial charge in [-0.05, 0) is 56.7 Å². The lowest BCUT2D eigenvalue weighted by atomic mass is 9.99. The van der Waals surface area contributed by atoms with Gasteiger partial charge in [-0.3, -0.25) is 0 Å². The molecule has 0 aliphatic carbocycles. The third kappa shape index (κ3) is 6.66. The van der Waals surface area contributed by atoms with E-state index in [2.05, 4.69) is 38.2 Å². The monoisotopic (exact) mass is 474 g/mol. The molecular weight excluding hydrogens is 443 g/mol. The van der Waals surface area contributed by atoms with Crippen molar-refractivity contribution in [1.82, 2.24) is 20.3 Å². The number of fused-ring (bicyclic) bond motifs is 1. The molecule has 2 aromatic heterocycles. The zero-order chi connectivity index (χ0) is 23.8. The number of hydrogen-bond donors (Lipinski definition) is 5. The fourth-order valence-corrected chi connectivity index (χ4v) is 3.79. The summed E-state index contributed by atoms with van der Waals surface area (Å²) in [5.74, 6) is 0.212. The number of aliphatic hydroxyl groups is 1. The van der Waals surface area contributed by atoms with E-state index in [-0.39, 0.29) is 11.5 Å². The summed E-state index contributed by atoms with van der Waals surface area (Å²) in [5.41, 5.74) is 6.30. The van der Waals surface area contributed by atoms with Gasteiger partial charge in [0.15, 0.2) is 0 Å². The number of nitrogen functional groups attached to an aromatic ring is 1. The Kier molecular flexibility index (Phi) is 8.65. The van der Waals surface area contributed by atoms with Crippen molar-refractivity contribution < 1.29 is 14.2 Å². The van der Waals surface area contributed by atoms with Crippen LogP contribution in [0.25, 0.3) is 10.9 Å². The van der Waals surface area contributed by atoms with Crippen LogP contribution >= 0.6 is 12.6 Å². The van der Waals surface area contributed by atoms with Crippen molar-refractivity contribution in [2.75, 3.05) is 30.4 Å². The highest BCUT2D eigenvalue weighted by molar-refractivity contribution is 7.79. The molecule has 1 saturated heterocycles. The van der Waals surface area contributed by atoms with Gasteiger partial charge in [0, 0.05) is 25.0 Å². The van der Waals surface area contributed by atoms with Gasteiger partial charge in [0.05, 0.1) is 16.5 Å². The van der Waals surface area contributed by atoms with Gasteiger partial charge in [0.1, 0.15) is 29.8 Å². The number of ether oxygens (including phenoxy) is 1. The first-order valence-corrected chi connectivity index (χ1v) is 11.8. The van der Waals surface area contributed by atoms with Crippen molar-refractivity contribution in [3.05, 3.63) is 42.6 Å². The minimum atomic E-state index is -0.714.